The van der Waals surface area contributed by atoms with Gasteiger partial charge in [0.1, 0.15) is 0 Å². The van der Waals surface area contributed by atoms with Crippen molar-refractivity contribution in [2.24, 2.45) is 11.1 Å². The van der Waals surface area contributed by atoms with Gasteiger partial charge in [-0.1, -0.05) is 0 Å². The van der Waals surface area contributed by atoms with Gasteiger partial charge in [-0.15, -0.1) is 0 Å². The average molecular weight is 214 g/mol. The molecule has 0 aromatic heterocycles. The van der Waals surface area contributed by atoms with Gasteiger partial charge < -0.3 is 15.7 Å². The third-order valence-electron chi connectivity index (χ3n) is 3.58. The molecule has 0 aliphatic heterocycles. The Bertz CT molecular complexity index is 235. The van der Waals surface area contributed by atoms with E-state index < -0.39 is 11.4 Å². The van der Waals surface area contributed by atoms with E-state index in [0.29, 0.717) is 25.3 Å². The Morgan fingerprint density at radius 2 is 2.13 bits per heavy atom. The monoisotopic (exact) mass is 214 g/mol. The maximum Gasteiger partial charge on any atom is 0.309 e. The molecule has 0 unspecified atom stereocenters. The van der Waals surface area contributed by atoms with E-state index in [1.165, 1.54) is 0 Å². The van der Waals surface area contributed by atoms with Crippen molar-refractivity contribution in [3.05, 3.63) is 0 Å². The Kier molecular flexibility index (Phi) is 3.73. The number of hydrogen-bond acceptors (Lipinski definition) is 3. The molecule has 0 aromatic carbocycles. The molecule has 4 heteroatoms. The predicted octanol–water partition coefficient (Wildman–Crippen LogP) is 0.909. The molecule has 88 valence electrons. The number of aliphatic carboxylic acids is 1. The highest BCUT2D eigenvalue weighted by molar-refractivity contribution is 5.76. The first-order valence-corrected chi connectivity index (χ1v) is 5.56. The van der Waals surface area contributed by atoms with Crippen molar-refractivity contribution in [2.45, 2.75) is 45.2 Å². The Morgan fingerprint density at radius 1 is 1.60 bits per heavy atom. The summed E-state index contributed by atoms with van der Waals surface area (Å²) in [6.07, 6.45) is 1.98. The predicted molar refractivity (Wildman–Crippen MR) is 59.7 cm³/mol. The van der Waals surface area contributed by atoms with Crippen LogP contribution >= 0.6 is 0 Å². The van der Waals surface area contributed by atoms with Gasteiger partial charge in [0.05, 0.1) is 5.41 Å². The lowest BCUT2D eigenvalue weighted by Gasteiger charge is -2.43. The van der Waals surface area contributed by atoms with Gasteiger partial charge in [-0.25, -0.2) is 0 Å². The summed E-state index contributed by atoms with van der Waals surface area (Å²) in [4.78, 5) is 13.3. The summed E-state index contributed by atoms with van der Waals surface area (Å²) in [7, 11) is 2.03. The van der Waals surface area contributed by atoms with Gasteiger partial charge in [0.15, 0.2) is 0 Å². The van der Waals surface area contributed by atoms with Crippen LogP contribution in [0.4, 0.5) is 0 Å². The number of carboxylic acids is 1. The van der Waals surface area contributed by atoms with Gasteiger partial charge in [-0.2, -0.15) is 0 Å². The van der Waals surface area contributed by atoms with Gasteiger partial charge in [0.2, 0.25) is 0 Å². The lowest BCUT2D eigenvalue weighted by atomic mass is 9.64. The first-order valence-electron chi connectivity index (χ1n) is 5.56. The normalized spacial score (nSPS) is 30.7. The van der Waals surface area contributed by atoms with Crippen molar-refractivity contribution in [2.75, 3.05) is 13.6 Å². The number of hydrogen-bond donors (Lipinski definition) is 2. The molecular formula is C11H22N2O2. The fraction of sp³-hybridized carbons (Fsp3) is 0.909. The van der Waals surface area contributed by atoms with Crippen LogP contribution in [0.25, 0.3) is 0 Å². The van der Waals surface area contributed by atoms with Crippen LogP contribution in [0.3, 0.4) is 0 Å². The number of rotatable bonds is 5. The molecule has 0 spiro atoms. The van der Waals surface area contributed by atoms with Crippen molar-refractivity contribution < 1.29 is 9.90 Å². The summed E-state index contributed by atoms with van der Waals surface area (Å²) >= 11 is 0. The summed E-state index contributed by atoms with van der Waals surface area (Å²) in [5.41, 5.74) is 5.14. The second kappa shape index (κ2) is 4.49. The zero-order chi connectivity index (χ0) is 11.6. The van der Waals surface area contributed by atoms with E-state index in [9.17, 15) is 9.90 Å². The summed E-state index contributed by atoms with van der Waals surface area (Å²) < 4.78 is 0. The summed E-state index contributed by atoms with van der Waals surface area (Å²) in [6, 6.07) is 0.551. The maximum atomic E-state index is 11.2. The average Bonchev–Trinajstić information content (AvgIpc) is 2.08. The second-order valence-corrected chi connectivity index (χ2v) is 5.08. The number of nitrogens with zero attached hydrogens (tertiary/aromatic N) is 1. The molecule has 0 heterocycles. The van der Waals surface area contributed by atoms with E-state index in [4.69, 9.17) is 5.73 Å². The minimum Gasteiger partial charge on any atom is -0.481 e. The van der Waals surface area contributed by atoms with E-state index in [1.807, 2.05) is 7.05 Å². The van der Waals surface area contributed by atoms with E-state index in [0.717, 1.165) is 6.54 Å². The Morgan fingerprint density at radius 3 is 2.47 bits per heavy atom. The van der Waals surface area contributed by atoms with Crippen LogP contribution < -0.4 is 5.73 Å². The van der Waals surface area contributed by atoms with Crippen LogP contribution in [0.2, 0.25) is 0 Å². The molecule has 1 saturated carbocycles. The molecule has 0 aromatic rings. The maximum absolute atomic E-state index is 11.2. The van der Waals surface area contributed by atoms with E-state index in [-0.39, 0.29) is 6.04 Å². The third kappa shape index (κ3) is 2.69. The summed E-state index contributed by atoms with van der Waals surface area (Å²) in [6.45, 7) is 5.05. The molecular weight excluding hydrogens is 192 g/mol. The molecule has 0 radical (unpaired) electrons. The molecule has 0 atom stereocenters. The van der Waals surface area contributed by atoms with Crippen molar-refractivity contribution >= 4 is 5.97 Å². The van der Waals surface area contributed by atoms with Crippen LogP contribution in [0.1, 0.15) is 33.1 Å². The SMILES string of the molecule is CC(C)N(C)CCC1(C(=O)O)CC(N)C1. The quantitative estimate of drug-likeness (QED) is 0.714. The van der Waals surface area contributed by atoms with Gasteiger partial charge in [0, 0.05) is 12.1 Å². The lowest BCUT2D eigenvalue weighted by Crippen LogP contribution is -2.52. The second-order valence-electron chi connectivity index (χ2n) is 5.08. The lowest BCUT2D eigenvalue weighted by molar-refractivity contribution is -0.156. The van der Waals surface area contributed by atoms with E-state index in [1.54, 1.807) is 0 Å². The fourth-order valence-corrected chi connectivity index (χ4v) is 2.08. The molecule has 0 amide bonds. The molecule has 4 nitrogen and oxygen atoms in total. The van der Waals surface area contributed by atoms with Gasteiger partial charge >= 0.3 is 5.97 Å². The van der Waals surface area contributed by atoms with Crippen molar-refractivity contribution in [3.8, 4) is 0 Å². The van der Waals surface area contributed by atoms with Crippen LogP contribution in [0.15, 0.2) is 0 Å². The molecule has 1 aliphatic carbocycles. The highest BCUT2D eigenvalue weighted by Crippen LogP contribution is 2.43. The number of nitrogens with two attached hydrogens (primary N) is 1. The molecule has 1 rings (SSSR count). The Balaban J connectivity index is 2.44. The summed E-state index contributed by atoms with van der Waals surface area (Å²) in [5, 5.41) is 9.18. The zero-order valence-corrected chi connectivity index (χ0v) is 9.86. The van der Waals surface area contributed by atoms with E-state index in [2.05, 4.69) is 18.7 Å². The third-order valence-corrected chi connectivity index (χ3v) is 3.58. The Labute approximate surface area is 91.4 Å². The van der Waals surface area contributed by atoms with Crippen molar-refractivity contribution in [1.29, 1.82) is 0 Å². The van der Waals surface area contributed by atoms with Crippen LogP contribution in [-0.2, 0) is 4.79 Å². The number of carboxylic acid groups (broad SMARTS) is 1. The molecule has 3 N–H and O–H groups in total. The standard InChI is InChI=1S/C11H22N2O2/c1-8(2)13(3)5-4-11(10(14)15)6-9(12)7-11/h8-9H,4-7,12H2,1-3H3,(H,14,15). The van der Waals surface area contributed by atoms with Crippen molar-refractivity contribution in [3.63, 3.8) is 0 Å². The topological polar surface area (TPSA) is 66.6 Å². The van der Waals surface area contributed by atoms with Crippen molar-refractivity contribution in [1.82, 2.24) is 4.90 Å². The van der Waals surface area contributed by atoms with Gasteiger partial charge in [0.25, 0.3) is 0 Å². The van der Waals surface area contributed by atoms with E-state index >= 15 is 0 Å². The van der Waals surface area contributed by atoms with Gasteiger partial charge in [-0.05, 0) is 46.7 Å². The van der Waals surface area contributed by atoms with Crippen LogP contribution in [0.5, 0.6) is 0 Å². The van der Waals surface area contributed by atoms with Gasteiger partial charge in [-0.3, -0.25) is 4.79 Å². The Hall–Kier alpha value is -0.610. The minimum atomic E-state index is -0.679. The molecule has 15 heavy (non-hydrogen) atoms. The molecule has 0 saturated heterocycles. The first-order chi connectivity index (χ1) is 6.87. The largest absolute Gasteiger partial charge is 0.481 e. The molecule has 1 aliphatic rings. The zero-order valence-electron chi connectivity index (χ0n) is 9.86. The minimum absolute atomic E-state index is 0.0884. The van der Waals surface area contributed by atoms with Crippen LogP contribution in [-0.4, -0.2) is 41.7 Å². The fourth-order valence-electron chi connectivity index (χ4n) is 2.08. The number of carbonyl (C=O) groups is 1. The molecule has 0 bridgehead atoms. The highest BCUT2D eigenvalue weighted by atomic mass is 16.4. The first kappa shape index (κ1) is 12.5. The smallest absolute Gasteiger partial charge is 0.309 e. The highest BCUT2D eigenvalue weighted by Gasteiger charge is 2.48. The molecule has 1 fully saturated rings. The summed E-state index contributed by atoms with van der Waals surface area (Å²) in [5.74, 6) is -0.679. The van der Waals surface area contributed by atoms with Crippen LogP contribution in [0, 0.1) is 5.41 Å².